The fourth-order valence-corrected chi connectivity index (χ4v) is 3.54. The van der Waals surface area contributed by atoms with Gasteiger partial charge in [-0.1, -0.05) is 82.6 Å². The van der Waals surface area contributed by atoms with Crippen LogP contribution in [-0.2, 0) is 6.42 Å². The topological polar surface area (TPSA) is 18.5 Å². The molecule has 0 aromatic heterocycles. The summed E-state index contributed by atoms with van der Waals surface area (Å²) in [5.74, 6) is 1.73. The second-order valence-electron chi connectivity index (χ2n) is 7.49. The van der Waals surface area contributed by atoms with Crippen LogP contribution in [0.4, 0.5) is 0 Å². The molecule has 0 saturated heterocycles. The first-order valence-corrected chi connectivity index (χ1v) is 11.2. The molecule has 0 N–H and O–H groups in total. The zero-order valence-electron chi connectivity index (χ0n) is 18.1. The molecule has 0 heterocycles. The number of methoxy groups -OCH3 is 2. The van der Waals surface area contributed by atoms with Crippen LogP contribution in [-0.4, -0.2) is 14.2 Å². The van der Waals surface area contributed by atoms with Gasteiger partial charge in [-0.2, -0.15) is 0 Å². The zero-order valence-corrected chi connectivity index (χ0v) is 18.1. The van der Waals surface area contributed by atoms with E-state index in [1.807, 2.05) is 12.1 Å². The van der Waals surface area contributed by atoms with E-state index < -0.39 is 0 Å². The summed E-state index contributed by atoms with van der Waals surface area (Å²) >= 11 is 0. The minimum atomic E-state index is 0.836. The van der Waals surface area contributed by atoms with Crippen molar-refractivity contribution in [2.24, 2.45) is 0 Å². The lowest BCUT2D eigenvalue weighted by Crippen LogP contribution is -1.96. The van der Waals surface area contributed by atoms with E-state index in [0.29, 0.717) is 0 Å². The van der Waals surface area contributed by atoms with E-state index in [1.54, 1.807) is 14.2 Å². The van der Waals surface area contributed by atoms with Crippen LogP contribution < -0.4 is 9.47 Å². The Bertz CT molecular complexity index is 493. The van der Waals surface area contributed by atoms with Gasteiger partial charge in [0.05, 0.1) is 14.2 Å². The van der Waals surface area contributed by atoms with Crippen molar-refractivity contribution < 1.29 is 9.47 Å². The van der Waals surface area contributed by atoms with E-state index >= 15 is 0 Å². The van der Waals surface area contributed by atoms with Gasteiger partial charge in [0.2, 0.25) is 0 Å². The first-order chi connectivity index (χ1) is 13.3. The van der Waals surface area contributed by atoms with E-state index in [1.165, 1.54) is 89.0 Å². The van der Waals surface area contributed by atoms with Gasteiger partial charge in [0.25, 0.3) is 0 Å². The van der Waals surface area contributed by atoms with Crippen molar-refractivity contribution in [2.45, 2.75) is 96.8 Å². The molecular weight excluding hydrogens is 332 g/mol. The highest BCUT2D eigenvalue weighted by Gasteiger charge is 2.08. The fourth-order valence-electron chi connectivity index (χ4n) is 3.54. The summed E-state index contributed by atoms with van der Waals surface area (Å²) in [6, 6.07) is 6.16. The largest absolute Gasteiger partial charge is 0.493 e. The average Bonchev–Trinajstić information content (AvgIpc) is 2.70. The van der Waals surface area contributed by atoms with Gasteiger partial charge >= 0.3 is 0 Å². The molecule has 2 heteroatoms. The molecule has 1 aromatic carbocycles. The second-order valence-corrected chi connectivity index (χ2v) is 7.49. The lowest BCUT2D eigenvalue weighted by atomic mass is 10.0. The van der Waals surface area contributed by atoms with Gasteiger partial charge in [0, 0.05) is 0 Å². The number of hydrogen-bond donors (Lipinski definition) is 0. The van der Waals surface area contributed by atoms with Gasteiger partial charge in [-0.15, -0.1) is 0 Å². The van der Waals surface area contributed by atoms with E-state index in [0.717, 1.165) is 17.9 Å². The standard InChI is InChI=1S/C25H42O2/c1-4-5-6-7-8-9-10-11-12-13-14-15-16-17-18-20-23-21-19-22-24(26-2)25(23)27-3/h11-12,19,21-22H,4-10,13-18,20H2,1-3H3. The van der Waals surface area contributed by atoms with Gasteiger partial charge in [-0.3, -0.25) is 0 Å². The van der Waals surface area contributed by atoms with Crippen molar-refractivity contribution in [2.75, 3.05) is 14.2 Å². The normalized spacial score (nSPS) is 11.2. The fraction of sp³-hybridized carbons (Fsp3) is 0.680. The highest BCUT2D eigenvalue weighted by molar-refractivity contribution is 5.46. The highest BCUT2D eigenvalue weighted by atomic mass is 16.5. The van der Waals surface area contributed by atoms with Crippen LogP contribution in [0, 0.1) is 0 Å². The quantitative estimate of drug-likeness (QED) is 0.204. The lowest BCUT2D eigenvalue weighted by molar-refractivity contribution is 0.351. The summed E-state index contributed by atoms with van der Waals surface area (Å²) in [4.78, 5) is 0. The number of allylic oxidation sites excluding steroid dienone is 2. The maximum Gasteiger partial charge on any atom is 0.163 e. The van der Waals surface area contributed by atoms with E-state index in [4.69, 9.17) is 9.47 Å². The number of aryl methyl sites for hydroxylation is 1. The van der Waals surface area contributed by atoms with Gasteiger partial charge in [0.15, 0.2) is 11.5 Å². The summed E-state index contributed by atoms with van der Waals surface area (Å²) in [7, 11) is 3.42. The lowest BCUT2D eigenvalue weighted by Gasteiger charge is -2.12. The molecule has 0 unspecified atom stereocenters. The molecule has 1 rings (SSSR count). The molecule has 0 aliphatic carbocycles. The predicted molar refractivity (Wildman–Crippen MR) is 118 cm³/mol. The van der Waals surface area contributed by atoms with Crippen molar-refractivity contribution >= 4 is 0 Å². The van der Waals surface area contributed by atoms with Crippen LogP contribution in [0.15, 0.2) is 30.4 Å². The molecular formula is C25H42O2. The van der Waals surface area contributed by atoms with E-state index in [2.05, 4.69) is 25.1 Å². The molecule has 0 spiro atoms. The van der Waals surface area contributed by atoms with Crippen molar-refractivity contribution in [3.63, 3.8) is 0 Å². The molecule has 2 nitrogen and oxygen atoms in total. The molecule has 0 aliphatic rings. The Labute approximate surface area is 168 Å². The van der Waals surface area contributed by atoms with Crippen molar-refractivity contribution in [1.29, 1.82) is 0 Å². The number of para-hydroxylation sites is 1. The van der Waals surface area contributed by atoms with Crippen LogP contribution in [0.25, 0.3) is 0 Å². The minimum Gasteiger partial charge on any atom is -0.493 e. The SMILES string of the molecule is CCCCCCCCC=CCCCCCCCc1cccc(OC)c1OC. The number of ether oxygens (including phenoxy) is 2. The third kappa shape index (κ3) is 11.1. The summed E-state index contributed by atoms with van der Waals surface area (Å²) in [5, 5.41) is 0. The van der Waals surface area contributed by atoms with Gasteiger partial charge < -0.3 is 9.47 Å². The van der Waals surface area contributed by atoms with Crippen LogP contribution in [0.5, 0.6) is 11.5 Å². The van der Waals surface area contributed by atoms with E-state index in [-0.39, 0.29) is 0 Å². The monoisotopic (exact) mass is 374 g/mol. The molecule has 0 amide bonds. The smallest absolute Gasteiger partial charge is 0.163 e. The third-order valence-electron chi connectivity index (χ3n) is 5.19. The number of unbranched alkanes of at least 4 members (excludes halogenated alkanes) is 11. The molecule has 0 atom stereocenters. The molecule has 0 saturated carbocycles. The Hall–Kier alpha value is -1.44. The third-order valence-corrected chi connectivity index (χ3v) is 5.19. The maximum atomic E-state index is 5.51. The van der Waals surface area contributed by atoms with Crippen LogP contribution >= 0.6 is 0 Å². The molecule has 0 radical (unpaired) electrons. The predicted octanol–water partition coefficient (Wildman–Crippen LogP) is 7.89. The molecule has 0 fully saturated rings. The first kappa shape index (κ1) is 23.6. The van der Waals surface area contributed by atoms with Crippen LogP contribution in [0.3, 0.4) is 0 Å². The Balaban J connectivity index is 1.98. The van der Waals surface area contributed by atoms with Crippen LogP contribution in [0.2, 0.25) is 0 Å². The number of hydrogen-bond acceptors (Lipinski definition) is 2. The minimum absolute atomic E-state index is 0.836. The Morgan fingerprint density at radius 2 is 1.30 bits per heavy atom. The van der Waals surface area contributed by atoms with Crippen molar-refractivity contribution in [3.05, 3.63) is 35.9 Å². The van der Waals surface area contributed by atoms with Gasteiger partial charge in [0.1, 0.15) is 0 Å². The molecule has 27 heavy (non-hydrogen) atoms. The zero-order chi connectivity index (χ0) is 19.6. The van der Waals surface area contributed by atoms with Gasteiger partial charge in [-0.05, 0) is 50.2 Å². The molecule has 154 valence electrons. The maximum absolute atomic E-state index is 5.51. The Morgan fingerprint density at radius 3 is 1.89 bits per heavy atom. The molecule has 0 bridgehead atoms. The van der Waals surface area contributed by atoms with Gasteiger partial charge in [-0.25, -0.2) is 0 Å². The number of rotatable bonds is 17. The molecule has 0 aliphatic heterocycles. The highest BCUT2D eigenvalue weighted by Crippen LogP contribution is 2.31. The summed E-state index contributed by atoms with van der Waals surface area (Å²) in [5.41, 5.74) is 1.26. The summed E-state index contributed by atoms with van der Waals surface area (Å²) < 4.78 is 10.9. The van der Waals surface area contributed by atoms with Crippen molar-refractivity contribution in [1.82, 2.24) is 0 Å². The van der Waals surface area contributed by atoms with Crippen molar-refractivity contribution in [3.8, 4) is 11.5 Å². The Kier molecular flexibility index (Phi) is 14.6. The second kappa shape index (κ2) is 16.7. The Morgan fingerprint density at radius 1 is 0.704 bits per heavy atom. The number of benzene rings is 1. The summed E-state index contributed by atoms with van der Waals surface area (Å²) in [6.45, 7) is 2.28. The molecule has 1 aromatic rings. The summed E-state index contributed by atoms with van der Waals surface area (Å²) in [6.07, 6.45) is 23.3. The average molecular weight is 375 g/mol. The first-order valence-electron chi connectivity index (χ1n) is 11.2. The van der Waals surface area contributed by atoms with E-state index in [9.17, 15) is 0 Å². The van der Waals surface area contributed by atoms with Crippen LogP contribution in [0.1, 0.15) is 96.0 Å².